The van der Waals surface area contributed by atoms with E-state index >= 15 is 0 Å². The molecule has 0 saturated heterocycles. The number of carbonyl (C=O) groups is 1. The number of phenols is 1. The van der Waals surface area contributed by atoms with Crippen molar-refractivity contribution in [2.24, 2.45) is 0 Å². The van der Waals surface area contributed by atoms with Crippen molar-refractivity contribution in [3.63, 3.8) is 0 Å². The van der Waals surface area contributed by atoms with Crippen molar-refractivity contribution in [2.45, 2.75) is 19.4 Å². The van der Waals surface area contributed by atoms with Gasteiger partial charge in [0.1, 0.15) is 11.9 Å². The zero-order valence-electron chi connectivity index (χ0n) is 8.64. The first-order valence-electron chi connectivity index (χ1n) is 4.73. The lowest BCUT2D eigenvalue weighted by molar-refractivity contribution is -0.142. The molecule has 1 unspecified atom stereocenters. The second-order valence-electron chi connectivity index (χ2n) is 3.28. The molecular weight excluding hydrogens is 192 g/mol. The smallest absolute Gasteiger partial charge is 0.330 e. The number of esters is 1. The molecule has 0 aliphatic heterocycles. The highest BCUT2D eigenvalue weighted by Crippen LogP contribution is 2.18. The van der Waals surface area contributed by atoms with E-state index < -0.39 is 5.97 Å². The van der Waals surface area contributed by atoms with Crippen LogP contribution < -0.4 is 0 Å². The van der Waals surface area contributed by atoms with Crippen LogP contribution in [0.25, 0.3) is 0 Å². The topological polar surface area (TPSA) is 46.5 Å². The molecule has 1 aromatic carbocycles. The third kappa shape index (κ3) is 3.46. The van der Waals surface area contributed by atoms with E-state index in [4.69, 9.17) is 4.74 Å². The van der Waals surface area contributed by atoms with E-state index in [-0.39, 0.29) is 11.9 Å². The molecule has 15 heavy (non-hydrogen) atoms. The number of carbonyl (C=O) groups excluding carboxylic acids is 1. The van der Waals surface area contributed by atoms with Crippen LogP contribution in [0.5, 0.6) is 5.75 Å². The van der Waals surface area contributed by atoms with Gasteiger partial charge in [-0.3, -0.25) is 0 Å². The van der Waals surface area contributed by atoms with Crippen molar-refractivity contribution in [1.29, 1.82) is 0 Å². The van der Waals surface area contributed by atoms with E-state index in [1.54, 1.807) is 25.1 Å². The van der Waals surface area contributed by atoms with Gasteiger partial charge in [-0.25, -0.2) is 4.79 Å². The number of benzene rings is 1. The van der Waals surface area contributed by atoms with Crippen molar-refractivity contribution in [2.75, 3.05) is 0 Å². The minimum atomic E-state index is -0.446. The number of ether oxygens (including phenoxy) is 1. The molecule has 0 aliphatic rings. The molecule has 0 heterocycles. The molecule has 1 atom stereocenters. The summed E-state index contributed by atoms with van der Waals surface area (Å²) in [6, 6.07) is 6.99. The molecule has 3 nitrogen and oxygen atoms in total. The van der Waals surface area contributed by atoms with Gasteiger partial charge in [0.2, 0.25) is 0 Å². The zero-order valence-corrected chi connectivity index (χ0v) is 8.64. The molecule has 0 bridgehead atoms. The fourth-order valence-corrected chi connectivity index (χ4v) is 1.28. The maximum atomic E-state index is 10.9. The Balaban J connectivity index is 2.58. The lowest BCUT2D eigenvalue weighted by Crippen LogP contribution is -2.15. The standard InChI is InChI=1S/C12H14O3/c1-3-12(14)15-9(2)8-10-6-4-5-7-11(10)13/h3-7,9,13H,1,8H2,2H3. The number of para-hydroxylation sites is 1. The van der Waals surface area contributed by atoms with E-state index in [1.807, 2.05) is 6.07 Å². The summed E-state index contributed by atoms with van der Waals surface area (Å²) in [5.74, 6) is -0.225. The van der Waals surface area contributed by atoms with Crippen LogP contribution in [0.3, 0.4) is 0 Å². The Morgan fingerprint density at radius 3 is 2.87 bits per heavy atom. The average Bonchev–Trinajstić information content (AvgIpc) is 2.21. The van der Waals surface area contributed by atoms with Gasteiger partial charge in [0.25, 0.3) is 0 Å². The molecule has 1 rings (SSSR count). The highest BCUT2D eigenvalue weighted by Gasteiger charge is 2.09. The first kappa shape index (κ1) is 11.3. The van der Waals surface area contributed by atoms with E-state index in [0.717, 1.165) is 11.6 Å². The molecule has 0 saturated carbocycles. The lowest BCUT2D eigenvalue weighted by Gasteiger charge is -2.12. The van der Waals surface area contributed by atoms with Crippen molar-refractivity contribution in [3.8, 4) is 5.75 Å². The van der Waals surface area contributed by atoms with Crippen molar-refractivity contribution in [1.82, 2.24) is 0 Å². The van der Waals surface area contributed by atoms with Gasteiger partial charge in [-0.2, -0.15) is 0 Å². The fraction of sp³-hybridized carbons (Fsp3) is 0.250. The van der Waals surface area contributed by atoms with Crippen LogP contribution in [0.2, 0.25) is 0 Å². The Morgan fingerprint density at radius 2 is 2.27 bits per heavy atom. The summed E-state index contributed by atoms with van der Waals surface area (Å²) in [5, 5.41) is 9.49. The van der Waals surface area contributed by atoms with Gasteiger partial charge in [-0.05, 0) is 18.6 Å². The Hall–Kier alpha value is -1.77. The number of aromatic hydroxyl groups is 1. The van der Waals surface area contributed by atoms with Crippen LogP contribution in [0, 0.1) is 0 Å². The van der Waals surface area contributed by atoms with Crippen LogP contribution in [0.15, 0.2) is 36.9 Å². The van der Waals surface area contributed by atoms with Crippen LogP contribution in [-0.4, -0.2) is 17.2 Å². The third-order valence-electron chi connectivity index (χ3n) is 1.98. The summed E-state index contributed by atoms with van der Waals surface area (Å²) in [7, 11) is 0. The number of hydrogen-bond donors (Lipinski definition) is 1. The summed E-state index contributed by atoms with van der Waals surface area (Å²) in [5.41, 5.74) is 0.766. The van der Waals surface area contributed by atoms with Crippen LogP contribution in [0.1, 0.15) is 12.5 Å². The Bertz CT molecular complexity index is 358. The Kier molecular flexibility index (Phi) is 3.92. The van der Waals surface area contributed by atoms with Crippen molar-refractivity contribution in [3.05, 3.63) is 42.5 Å². The first-order chi connectivity index (χ1) is 7.13. The predicted molar refractivity (Wildman–Crippen MR) is 57.6 cm³/mol. The van der Waals surface area contributed by atoms with Crippen molar-refractivity contribution < 1.29 is 14.6 Å². The average molecular weight is 206 g/mol. The molecule has 3 heteroatoms. The first-order valence-corrected chi connectivity index (χ1v) is 4.73. The minimum absolute atomic E-state index is 0.221. The summed E-state index contributed by atoms with van der Waals surface area (Å²) in [4.78, 5) is 10.9. The molecule has 1 N–H and O–H groups in total. The molecule has 80 valence electrons. The van der Waals surface area contributed by atoms with Gasteiger partial charge in [0.05, 0.1) is 0 Å². The van der Waals surface area contributed by atoms with E-state index in [0.29, 0.717) is 6.42 Å². The van der Waals surface area contributed by atoms with Gasteiger partial charge < -0.3 is 9.84 Å². The number of rotatable bonds is 4. The minimum Gasteiger partial charge on any atom is -0.508 e. The summed E-state index contributed by atoms with van der Waals surface area (Å²) >= 11 is 0. The van der Waals surface area contributed by atoms with Crippen molar-refractivity contribution >= 4 is 5.97 Å². The predicted octanol–water partition coefficient (Wildman–Crippen LogP) is 2.05. The second kappa shape index (κ2) is 5.20. The summed E-state index contributed by atoms with van der Waals surface area (Å²) in [6.07, 6.45) is 1.34. The van der Waals surface area contributed by atoms with E-state index in [2.05, 4.69) is 6.58 Å². The Morgan fingerprint density at radius 1 is 1.60 bits per heavy atom. The van der Waals surface area contributed by atoms with Gasteiger partial charge in [0, 0.05) is 12.5 Å². The SMILES string of the molecule is C=CC(=O)OC(C)Cc1ccccc1O. The van der Waals surface area contributed by atoms with E-state index in [1.165, 1.54) is 0 Å². The molecule has 0 fully saturated rings. The summed E-state index contributed by atoms with van der Waals surface area (Å²) in [6.45, 7) is 5.09. The quantitative estimate of drug-likeness (QED) is 0.605. The molecule has 0 aliphatic carbocycles. The Labute approximate surface area is 89.0 Å². The number of hydrogen-bond acceptors (Lipinski definition) is 3. The zero-order chi connectivity index (χ0) is 11.3. The van der Waals surface area contributed by atoms with Crippen LogP contribution >= 0.6 is 0 Å². The third-order valence-corrected chi connectivity index (χ3v) is 1.98. The maximum absolute atomic E-state index is 10.9. The van der Waals surface area contributed by atoms with Crippen LogP contribution in [-0.2, 0) is 16.0 Å². The normalized spacial score (nSPS) is 11.8. The molecule has 0 aromatic heterocycles. The fourth-order valence-electron chi connectivity index (χ4n) is 1.28. The highest BCUT2D eigenvalue weighted by atomic mass is 16.5. The van der Waals surface area contributed by atoms with Crippen LogP contribution in [0.4, 0.5) is 0 Å². The van der Waals surface area contributed by atoms with Gasteiger partial charge in [-0.1, -0.05) is 24.8 Å². The molecule has 1 aromatic rings. The van der Waals surface area contributed by atoms with E-state index in [9.17, 15) is 9.90 Å². The lowest BCUT2D eigenvalue weighted by atomic mass is 10.1. The molecule has 0 amide bonds. The maximum Gasteiger partial charge on any atom is 0.330 e. The summed E-state index contributed by atoms with van der Waals surface area (Å²) < 4.78 is 4.99. The molecule has 0 spiro atoms. The van der Waals surface area contributed by atoms with Gasteiger partial charge in [-0.15, -0.1) is 0 Å². The van der Waals surface area contributed by atoms with Gasteiger partial charge >= 0.3 is 5.97 Å². The van der Waals surface area contributed by atoms with Gasteiger partial charge in [0.15, 0.2) is 0 Å². The largest absolute Gasteiger partial charge is 0.508 e. The number of phenolic OH excluding ortho intramolecular Hbond substituents is 1. The highest BCUT2D eigenvalue weighted by molar-refractivity contribution is 5.81. The molecular formula is C12H14O3. The molecule has 0 radical (unpaired) electrons. The second-order valence-corrected chi connectivity index (χ2v) is 3.28. The monoisotopic (exact) mass is 206 g/mol.